The molecular formula is C30H32F2N4O5. The van der Waals surface area contributed by atoms with Gasteiger partial charge < -0.3 is 23.8 Å². The van der Waals surface area contributed by atoms with Gasteiger partial charge >= 0.3 is 6.55 Å². The molecule has 1 fully saturated rings. The first kappa shape index (κ1) is 28.1. The minimum absolute atomic E-state index is 0.00331. The average molecular weight is 567 g/mol. The number of nitrogens with zero attached hydrogens (tertiary/aromatic N) is 4. The molecule has 0 bridgehead atoms. The number of amides is 1. The van der Waals surface area contributed by atoms with E-state index in [4.69, 9.17) is 18.9 Å². The van der Waals surface area contributed by atoms with Crippen molar-refractivity contribution in [3.63, 3.8) is 0 Å². The summed E-state index contributed by atoms with van der Waals surface area (Å²) in [5.41, 5.74) is 2.52. The van der Waals surface area contributed by atoms with Gasteiger partial charge in [0.1, 0.15) is 23.7 Å². The van der Waals surface area contributed by atoms with Gasteiger partial charge in [0.05, 0.1) is 38.6 Å². The number of benzene rings is 2. The van der Waals surface area contributed by atoms with Gasteiger partial charge in [-0.25, -0.2) is 9.97 Å². The molecule has 0 spiro atoms. The van der Waals surface area contributed by atoms with E-state index in [1.54, 1.807) is 38.5 Å². The summed E-state index contributed by atoms with van der Waals surface area (Å²) in [6.45, 7) is 1.44. The Labute approximate surface area is 236 Å². The lowest BCUT2D eigenvalue weighted by Gasteiger charge is -2.27. The zero-order chi connectivity index (χ0) is 29.3. The third kappa shape index (κ3) is 5.48. The SMILES string of the molecule is COc1ccc(C(C)N2CC(C(C)Oc3nc(-c4ccc(OC)c(OC)c4)cc4ncn(C(F)F)c34)CC2=O)cc1. The normalized spacial score (nSPS) is 16.7. The second-order valence-corrected chi connectivity index (χ2v) is 9.96. The largest absolute Gasteiger partial charge is 0.497 e. The molecule has 1 aliphatic rings. The Morgan fingerprint density at radius 2 is 1.68 bits per heavy atom. The van der Waals surface area contributed by atoms with Crippen LogP contribution < -0.4 is 18.9 Å². The number of halogens is 2. The van der Waals surface area contributed by atoms with E-state index >= 15 is 0 Å². The molecule has 2 aromatic carbocycles. The molecule has 0 radical (unpaired) electrons. The Balaban J connectivity index is 1.43. The first-order valence-electron chi connectivity index (χ1n) is 13.2. The number of ether oxygens (including phenoxy) is 4. The highest BCUT2D eigenvalue weighted by Crippen LogP contribution is 2.37. The summed E-state index contributed by atoms with van der Waals surface area (Å²) in [6.07, 6.45) is 0.850. The standard InChI is InChI=1S/C30H32F2N4O5/c1-17(19-6-9-22(38-3)10-7-19)35-15-21(13-27(35)37)18(2)41-29-28-24(33-16-36(28)30(31)32)14-23(34-29)20-8-11-25(39-4)26(12-20)40-5/h6-12,14,16-18,21,30H,13,15H2,1-5H3. The van der Waals surface area contributed by atoms with Crippen molar-refractivity contribution in [3.8, 4) is 34.4 Å². The maximum Gasteiger partial charge on any atom is 0.320 e. The fourth-order valence-corrected chi connectivity index (χ4v) is 5.18. The lowest BCUT2D eigenvalue weighted by Crippen LogP contribution is -2.31. The number of carbonyl (C=O) groups excluding carboxylic acids is 1. The van der Waals surface area contributed by atoms with E-state index in [1.165, 1.54) is 7.11 Å². The molecule has 1 amide bonds. The zero-order valence-electron chi connectivity index (χ0n) is 23.5. The average Bonchev–Trinajstić information content (AvgIpc) is 3.60. The van der Waals surface area contributed by atoms with Crippen LogP contribution in [0.3, 0.4) is 0 Å². The summed E-state index contributed by atoms with van der Waals surface area (Å²) in [7, 11) is 4.67. The van der Waals surface area contributed by atoms with Gasteiger partial charge in [-0.1, -0.05) is 12.1 Å². The van der Waals surface area contributed by atoms with E-state index in [9.17, 15) is 13.6 Å². The van der Waals surface area contributed by atoms with Crippen molar-refractivity contribution in [2.45, 2.75) is 39.0 Å². The van der Waals surface area contributed by atoms with Crippen LogP contribution in [0.1, 0.15) is 38.4 Å². The Morgan fingerprint density at radius 1 is 0.951 bits per heavy atom. The molecular weight excluding hydrogens is 534 g/mol. The molecule has 3 heterocycles. The minimum Gasteiger partial charge on any atom is -0.497 e. The highest BCUT2D eigenvalue weighted by molar-refractivity contribution is 5.85. The van der Waals surface area contributed by atoms with E-state index in [1.807, 2.05) is 43.0 Å². The van der Waals surface area contributed by atoms with E-state index in [-0.39, 0.29) is 35.7 Å². The van der Waals surface area contributed by atoms with Crippen molar-refractivity contribution in [2.75, 3.05) is 27.9 Å². The van der Waals surface area contributed by atoms with Crippen molar-refractivity contribution in [2.24, 2.45) is 5.92 Å². The molecule has 0 saturated carbocycles. The first-order chi connectivity index (χ1) is 19.7. The molecule has 1 aliphatic heterocycles. The summed E-state index contributed by atoms with van der Waals surface area (Å²) in [6, 6.07) is 14.4. The third-order valence-electron chi connectivity index (χ3n) is 7.63. The Morgan fingerprint density at radius 3 is 2.34 bits per heavy atom. The van der Waals surface area contributed by atoms with Crippen LogP contribution in [-0.4, -0.2) is 59.3 Å². The monoisotopic (exact) mass is 566 g/mol. The Hall–Kier alpha value is -4.41. The van der Waals surface area contributed by atoms with Crippen LogP contribution in [0, 0.1) is 5.92 Å². The maximum atomic E-state index is 13.9. The number of hydrogen-bond donors (Lipinski definition) is 0. The van der Waals surface area contributed by atoms with Crippen molar-refractivity contribution in [1.82, 2.24) is 19.4 Å². The summed E-state index contributed by atoms with van der Waals surface area (Å²) in [4.78, 5) is 23.7. The molecule has 9 nitrogen and oxygen atoms in total. The molecule has 0 N–H and O–H groups in total. The predicted molar refractivity (Wildman–Crippen MR) is 149 cm³/mol. The molecule has 3 atom stereocenters. The highest BCUT2D eigenvalue weighted by atomic mass is 19.3. The molecule has 11 heteroatoms. The van der Waals surface area contributed by atoms with E-state index < -0.39 is 12.7 Å². The Bertz CT molecular complexity index is 1540. The summed E-state index contributed by atoms with van der Waals surface area (Å²) in [5.74, 6) is 1.63. The molecule has 41 heavy (non-hydrogen) atoms. The number of rotatable bonds is 10. The molecule has 1 saturated heterocycles. The van der Waals surface area contributed by atoms with E-state index in [2.05, 4.69) is 9.97 Å². The van der Waals surface area contributed by atoms with Crippen LogP contribution in [0.4, 0.5) is 8.78 Å². The predicted octanol–water partition coefficient (Wildman–Crippen LogP) is 5.90. The number of aromatic nitrogens is 3. The second-order valence-electron chi connectivity index (χ2n) is 9.96. The fourth-order valence-electron chi connectivity index (χ4n) is 5.18. The first-order valence-corrected chi connectivity index (χ1v) is 13.2. The third-order valence-corrected chi connectivity index (χ3v) is 7.63. The quantitative estimate of drug-likeness (QED) is 0.236. The number of alkyl halides is 2. The molecule has 5 rings (SSSR count). The van der Waals surface area contributed by atoms with Crippen LogP contribution >= 0.6 is 0 Å². The summed E-state index contributed by atoms with van der Waals surface area (Å²) in [5, 5.41) is 0. The van der Waals surface area contributed by atoms with Crippen molar-refractivity contribution in [3.05, 3.63) is 60.4 Å². The number of methoxy groups -OCH3 is 3. The second kappa shape index (κ2) is 11.6. The van der Waals surface area contributed by atoms with Gasteiger partial charge in [0, 0.05) is 24.4 Å². The number of hydrogen-bond acceptors (Lipinski definition) is 7. The minimum atomic E-state index is -2.83. The van der Waals surface area contributed by atoms with Gasteiger partial charge in [0.15, 0.2) is 11.5 Å². The highest BCUT2D eigenvalue weighted by Gasteiger charge is 2.37. The van der Waals surface area contributed by atoms with Gasteiger partial charge in [0.2, 0.25) is 11.8 Å². The molecule has 4 aromatic rings. The van der Waals surface area contributed by atoms with Gasteiger partial charge in [-0.15, -0.1) is 0 Å². The zero-order valence-corrected chi connectivity index (χ0v) is 23.5. The number of fused-ring (bicyclic) bond motifs is 1. The molecule has 3 unspecified atom stereocenters. The fraction of sp³-hybridized carbons (Fsp3) is 0.367. The van der Waals surface area contributed by atoms with Crippen LogP contribution in [0.15, 0.2) is 54.9 Å². The number of imidazole rings is 1. The number of pyridine rings is 1. The van der Waals surface area contributed by atoms with Crippen LogP contribution in [0.5, 0.6) is 23.1 Å². The van der Waals surface area contributed by atoms with Crippen molar-refractivity contribution < 1.29 is 32.5 Å². The van der Waals surface area contributed by atoms with Gasteiger partial charge in [-0.05, 0) is 55.8 Å². The smallest absolute Gasteiger partial charge is 0.320 e. The lowest BCUT2D eigenvalue weighted by atomic mass is 10.0. The Kier molecular flexibility index (Phi) is 7.96. The maximum absolute atomic E-state index is 13.9. The molecule has 216 valence electrons. The van der Waals surface area contributed by atoms with E-state index in [0.717, 1.165) is 22.2 Å². The summed E-state index contributed by atoms with van der Waals surface area (Å²) >= 11 is 0. The van der Waals surface area contributed by atoms with E-state index in [0.29, 0.717) is 34.8 Å². The van der Waals surface area contributed by atoms with Crippen LogP contribution in [0.2, 0.25) is 0 Å². The lowest BCUT2D eigenvalue weighted by molar-refractivity contribution is -0.129. The van der Waals surface area contributed by atoms with Crippen LogP contribution in [0.25, 0.3) is 22.3 Å². The van der Waals surface area contributed by atoms with Gasteiger partial charge in [-0.3, -0.25) is 9.36 Å². The van der Waals surface area contributed by atoms with Crippen molar-refractivity contribution >= 4 is 16.9 Å². The molecule has 2 aromatic heterocycles. The summed E-state index contributed by atoms with van der Waals surface area (Å²) < 4.78 is 50.8. The molecule has 0 aliphatic carbocycles. The van der Waals surface area contributed by atoms with Crippen LogP contribution in [-0.2, 0) is 4.79 Å². The topological polar surface area (TPSA) is 87.9 Å². The number of carbonyl (C=O) groups is 1. The van der Waals surface area contributed by atoms with Gasteiger partial charge in [-0.2, -0.15) is 8.78 Å². The van der Waals surface area contributed by atoms with Crippen molar-refractivity contribution in [1.29, 1.82) is 0 Å². The van der Waals surface area contributed by atoms with Gasteiger partial charge in [0.25, 0.3) is 0 Å². The number of likely N-dealkylation sites (tertiary alicyclic amines) is 1.